The van der Waals surface area contributed by atoms with Crippen LogP contribution in [0.25, 0.3) is 0 Å². The predicted octanol–water partition coefficient (Wildman–Crippen LogP) is 1.63. The average molecular weight is 250 g/mol. The summed E-state index contributed by atoms with van der Waals surface area (Å²) in [6, 6.07) is 6.49. The molecule has 1 aliphatic rings. The Balaban J connectivity index is 1.79. The largest absolute Gasteiger partial charge is 0.355 e. The van der Waals surface area contributed by atoms with E-state index in [2.05, 4.69) is 10.6 Å². The molecule has 1 heterocycles. The molecule has 1 aromatic carbocycles. The lowest BCUT2D eigenvalue weighted by molar-refractivity contribution is -0.122. The van der Waals surface area contributed by atoms with E-state index < -0.39 is 0 Å². The molecule has 0 spiro atoms. The van der Waals surface area contributed by atoms with Crippen molar-refractivity contribution in [3.8, 4) is 0 Å². The molecule has 1 aromatic rings. The molecule has 18 heavy (non-hydrogen) atoms. The van der Waals surface area contributed by atoms with Gasteiger partial charge in [0, 0.05) is 6.54 Å². The van der Waals surface area contributed by atoms with Crippen molar-refractivity contribution in [1.29, 1.82) is 0 Å². The van der Waals surface area contributed by atoms with Crippen LogP contribution in [0, 0.1) is 5.82 Å². The van der Waals surface area contributed by atoms with Crippen molar-refractivity contribution in [1.82, 2.24) is 10.6 Å². The minimum Gasteiger partial charge on any atom is -0.355 e. The number of hydrogen-bond acceptors (Lipinski definition) is 2. The first-order valence-electron chi connectivity index (χ1n) is 6.51. The van der Waals surface area contributed by atoms with Gasteiger partial charge in [0.05, 0.1) is 6.04 Å². The molecule has 1 aliphatic heterocycles. The Labute approximate surface area is 107 Å². The number of carbonyl (C=O) groups excluding carboxylic acids is 1. The van der Waals surface area contributed by atoms with E-state index in [4.69, 9.17) is 0 Å². The molecule has 4 heteroatoms. The lowest BCUT2D eigenvalue weighted by atomic mass is 10.1. The molecule has 0 aliphatic carbocycles. The first kappa shape index (κ1) is 13.0. The zero-order valence-electron chi connectivity index (χ0n) is 10.4. The molecule has 1 atom stereocenters. The van der Waals surface area contributed by atoms with Crippen molar-refractivity contribution in [2.24, 2.45) is 0 Å². The minimum absolute atomic E-state index is 0.0896. The molecule has 2 rings (SSSR count). The highest BCUT2D eigenvalue weighted by atomic mass is 19.1. The first-order valence-corrected chi connectivity index (χ1v) is 6.51. The fourth-order valence-electron chi connectivity index (χ4n) is 2.22. The Morgan fingerprint density at radius 2 is 2.28 bits per heavy atom. The third kappa shape index (κ3) is 3.81. The van der Waals surface area contributed by atoms with E-state index in [9.17, 15) is 9.18 Å². The van der Waals surface area contributed by atoms with Crippen LogP contribution in [0.3, 0.4) is 0 Å². The normalized spacial score (nSPS) is 20.3. The number of amides is 1. The summed E-state index contributed by atoms with van der Waals surface area (Å²) in [7, 11) is 0. The number of nitrogens with one attached hydrogen (secondary N) is 2. The molecule has 0 saturated carbocycles. The second kappa shape index (κ2) is 6.50. The number of halogens is 1. The van der Waals surface area contributed by atoms with Gasteiger partial charge in [0.25, 0.3) is 0 Å². The van der Waals surface area contributed by atoms with Gasteiger partial charge in [-0.25, -0.2) is 4.39 Å². The molecule has 0 aromatic heterocycles. The Morgan fingerprint density at radius 3 is 3.11 bits per heavy atom. The molecule has 2 N–H and O–H groups in total. The monoisotopic (exact) mass is 250 g/mol. The van der Waals surface area contributed by atoms with Crippen molar-refractivity contribution < 1.29 is 9.18 Å². The van der Waals surface area contributed by atoms with Gasteiger partial charge in [0.1, 0.15) is 5.82 Å². The molecule has 98 valence electrons. The second-order valence-corrected chi connectivity index (χ2v) is 4.67. The number of carbonyl (C=O) groups is 1. The van der Waals surface area contributed by atoms with Crippen molar-refractivity contribution in [2.45, 2.75) is 31.7 Å². The van der Waals surface area contributed by atoms with Gasteiger partial charge in [-0.15, -0.1) is 0 Å². The molecule has 1 saturated heterocycles. The SMILES string of the molecule is O=C1NCCCCC1NCCc1cccc(F)c1. The van der Waals surface area contributed by atoms with E-state index in [1.165, 1.54) is 12.1 Å². The minimum atomic E-state index is -0.209. The van der Waals surface area contributed by atoms with Crippen LogP contribution in [0.1, 0.15) is 24.8 Å². The zero-order chi connectivity index (χ0) is 12.8. The first-order chi connectivity index (χ1) is 8.75. The topological polar surface area (TPSA) is 41.1 Å². The molecule has 0 radical (unpaired) electrons. The Morgan fingerprint density at radius 1 is 1.39 bits per heavy atom. The number of benzene rings is 1. The van der Waals surface area contributed by atoms with E-state index in [-0.39, 0.29) is 17.8 Å². The fraction of sp³-hybridized carbons (Fsp3) is 0.500. The quantitative estimate of drug-likeness (QED) is 0.852. The summed E-state index contributed by atoms with van der Waals surface area (Å²) >= 11 is 0. The lowest BCUT2D eigenvalue weighted by Crippen LogP contribution is -2.43. The smallest absolute Gasteiger partial charge is 0.237 e. The van der Waals surface area contributed by atoms with Gasteiger partial charge < -0.3 is 10.6 Å². The van der Waals surface area contributed by atoms with Crippen LogP contribution >= 0.6 is 0 Å². The standard InChI is InChI=1S/C14H19FN2O/c15-12-5-3-4-11(10-12)7-9-16-13-6-1-2-8-17-14(13)18/h3-5,10,13,16H,1-2,6-9H2,(H,17,18). The Kier molecular flexibility index (Phi) is 4.70. The molecular formula is C14H19FN2O. The van der Waals surface area contributed by atoms with Crippen LogP contribution in [0.2, 0.25) is 0 Å². The van der Waals surface area contributed by atoms with E-state index in [0.717, 1.165) is 37.8 Å². The maximum Gasteiger partial charge on any atom is 0.237 e. The Hall–Kier alpha value is -1.42. The van der Waals surface area contributed by atoms with Crippen molar-refractivity contribution in [3.63, 3.8) is 0 Å². The van der Waals surface area contributed by atoms with Crippen LogP contribution in [0.4, 0.5) is 4.39 Å². The van der Waals surface area contributed by atoms with Gasteiger partial charge in [-0.05, 0) is 49.9 Å². The summed E-state index contributed by atoms with van der Waals surface area (Å²) < 4.78 is 13.0. The highest BCUT2D eigenvalue weighted by molar-refractivity contribution is 5.81. The summed E-state index contributed by atoms with van der Waals surface area (Å²) in [6.45, 7) is 1.47. The lowest BCUT2D eigenvalue weighted by Gasteiger charge is -2.15. The van der Waals surface area contributed by atoms with E-state index in [0.29, 0.717) is 6.54 Å². The van der Waals surface area contributed by atoms with E-state index in [1.807, 2.05) is 6.07 Å². The summed E-state index contributed by atoms with van der Waals surface area (Å²) in [5.74, 6) is -0.119. The summed E-state index contributed by atoms with van der Waals surface area (Å²) in [5.41, 5.74) is 0.955. The zero-order valence-corrected chi connectivity index (χ0v) is 10.4. The van der Waals surface area contributed by atoms with Gasteiger partial charge in [-0.3, -0.25) is 4.79 Å². The molecule has 0 bridgehead atoms. The average Bonchev–Trinajstić information content (AvgIpc) is 2.55. The Bertz CT molecular complexity index is 409. The van der Waals surface area contributed by atoms with Crippen LogP contribution < -0.4 is 10.6 Å². The van der Waals surface area contributed by atoms with Gasteiger partial charge in [0.15, 0.2) is 0 Å². The highest BCUT2D eigenvalue weighted by Gasteiger charge is 2.19. The van der Waals surface area contributed by atoms with E-state index >= 15 is 0 Å². The third-order valence-corrected chi connectivity index (χ3v) is 3.23. The summed E-state index contributed by atoms with van der Waals surface area (Å²) in [5, 5.41) is 6.14. The van der Waals surface area contributed by atoms with Crippen molar-refractivity contribution in [3.05, 3.63) is 35.6 Å². The molecule has 1 amide bonds. The van der Waals surface area contributed by atoms with Gasteiger partial charge in [-0.1, -0.05) is 12.1 Å². The van der Waals surface area contributed by atoms with Gasteiger partial charge in [0.2, 0.25) is 5.91 Å². The summed E-state index contributed by atoms with van der Waals surface area (Å²) in [4.78, 5) is 11.7. The van der Waals surface area contributed by atoms with Crippen molar-refractivity contribution >= 4 is 5.91 Å². The van der Waals surface area contributed by atoms with Gasteiger partial charge >= 0.3 is 0 Å². The number of hydrogen-bond donors (Lipinski definition) is 2. The molecular weight excluding hydrogens is 231 g/mol. The molecule has 1 fully saturated rings. The second-order valence-electron chi connectivity index (χ2n) is 4.67. The highest BCUT2D eigenvalue weighted by Crippen LogP contribution is 2.07. The summed E-state index contributed by atoms with van der Waals surface area (Å²) in [6.07, 6.45) is 3.74. The fourth-order valence-corrected chi connectivity index (χ4v) is 2.22. The molecule has 1 unspecified atom stereocenters. The van der Waals surface area contributed by atoms with Crippen LogP contribution in [-0.2, 0) is 11.2 Å². The van der Waals surface area contributed by atoms with Crippen molar-refractivity contribution in [2.75, 3.05) is 13.1 Å². The number of rotatable bonds is 4. The van der Waals surface area contributed by atoms with Crippen LogP contribution in [0.5, 0.6) is 0 Å². The maximum absolute atomic E-state index is 13.0. The van der Waals surface area contributed by atoms with Gasteiger partial charge in [-0.2, -0.15) is 0 Å². The maximum atomic E-state index is 13.0. The third-order valence-electron chi connectivity index (χ3n) is 3.23. The van der Waals surface area contributed by atoms with Crippen LogP contribution in [0.15, 0.2) is 24.3 Å². The van der Waals surface area contributed by atoms with Crippen LogP contribution in [-0.4, -0.2) is 25.0 Å². The van der Waals surface area contributed by atoms with E-state index in [1.54, 1.807) is 6.07 Å². The predicted molar refractivity (Wildman–Crippen MR) is 68.8 cm³/mol. The molecule has 3 nitrogen and oxygen atoms in total.